The molecule has 0 amide bonds. The monoisotopic (exact) mass is 264 g/mol. The summed E-state index contributed by atoms with van der Waals surface area (Å²) in [4.78, 5) is 0. The molecule has 0 atom stereocenters. The van der Waals surface area contributed by atoms with E-state index >= 15 is 0 Å². The van der Waals surface area contributed by atoms with Crippen molar-refractivity contribution in [3.05, 3.63) is 29.8 Å². The van der Waals surface area contributed by atoms with Gasteiger partial charge in [-0.05, 0) is 0 Å². The van der Waals surface area contributed by atoms with E-state index in [0.29, 0.717) is 0 Å². The molecule has 0 heterocycles. The summed E-state index contributed by atoms with van der Waals surface area (Å²) in [7, 11) is 1.69. The van der Waals surface area contributed by atoms with Crippen LogP contribution >= 0.6 is 0 Å². The van der Waals surface area contributed by atoms with Crippen LogP contribution in [0.3, 0.4) is 0 Å². The molecule has 0 saturated carbocycles. The van der Waals surface area contributed by atoms with Gasteiger partial charge in [-0.3, -0.25) is 0 Å². The van der Waals surface area contributed by atoms with Crippen molar-refractivity contribution < 1.29 is 40.0 Å². The number of ether oxygens (including phenoxy) is 1. The second kappa shape index (κ2) is 5.73. The second-order valence-electron chi connectivity index (χ2n) is 2.10. The molecule has 3 heteroatoms. The predicted octanol–water partition coefficient (Wildman–Crippen LogP) is -1.25. The quantitative estimate of drug-likeness (QED) is 0.608. The first-order valence-corrected chi connectivity index (χ1v) is 5.39. The molecule has 0 aliphatic rings. The van der Waals surface area contributed by atoms with Gasteiger partial charge in [0.2, 0.25) is 0 Å². The first kappa shape index (κ1) is 11.1. The normalized spacial score (nSPS) is 8.64. The van der Waals surface area contributed by atoms with Gasteiger partial charge in [0.05, 0.1) is 0 Å². The van der Waals surface area contributed by atoms with Gasteiger partial charge in [0.15, 0.2) is 0 Å². The molecule has 56 valence electrons. The van der Waals surface area contributed by atoms with Crippen molar-refractivity contribution in [3.63, 3.8) is 0 Å². The number of halogens is 1. The van der Waals surface area contributed by atoms with Crippen molar-refractivity contribution in [2.75, 3.05) is 7.11 Å². The fraction of sp³-hybridized carbons (Fsp3) is 0.250. The number of hydrogen-bond donors (Lipinski definition) is 0. The largest absolute Gasteiger partial charge is 1.00 e. The molecule has 1 aromatic rings. The van der Waals surface area contributed by atoms with Gasteiger partial charge in [-0.25, -0.2) is 0 Å². The molecular formula is C8H9BrOZn. The van der Waals surface area contributed by atoms with E-state index in [-0.39, 0.29) is 17.0 Å². The number of methoxy groups -OCH3 is 1. The Balaban J connectivity index is 0.000001000. The second-order valence-corrected chi connectivity index (χ2v) is 3.15. The minimum Gasteiger partial charge on any atom is -1.00 e. The summed E-state index contributed by atoms with van der Waals surface area (Å²) in [5, 5.41) is 1.21. The zero-order valence-electron chi connectivity index (χ0n) is 6.51. The van der Waals surface area contributed by atoms with Gasteiger partial charge in [0.1, 0.15) is 0 Å². The fourth-order valence-corrected chi connectivity index (χ4v) is 1.49. The Bertz CT molecular complexity index is 175. The Morgan fingerprint density at radius 2 is 1.82 bits per heavy atom. The first-order valence-electron chi connectivity index (χ1n) is 3.29. The van der Waals surface area contributed by atoms with E-state index in [4.69, 9.17) is 4.74 Å². The third-order valence-corrected chi connectivity index (χ3v) is 2.66. The summed E-state index contributed by atoms with van der Waals surface area (Å²) in [5.74, 6) is 0.942. The van der Waals surface area contributed by atoms with Gasteiger partial charge in [0, 0.05) is 0 Å². The summed E-state index contributed by atoms with van der Waals surface area (Å²) in [6.07, 6.45) is 0. The van der Waals surface area contributed by atoms with Crippen LogP contribution in [0.4, 0.5) is 0 Å². The molecule has 0 unspecified atom stereocenters. The summed E-state index contributed by atoms with van der Waals surface area (Å²) < 4.78 is 5.02. The topological polar surface area (TPSA) is 9.23 Å². The van der Waals surface area contributed by atoms with E-state index in [1.807, 2.05) is 12.1 Å². The number of benzene rings is 1. The molecular weight excluding hydrogens is 257 g/mol. The Hall–Kier alpha value is 0.123. The minimum atomic E-state index is 0. The average molecular weight is 266 g/mol. The Morgan fingerprint density at radius 3 is 2.18 bits per heavy atom. The molecule has 1 rings (SSSR count). The Kier molecular flexibility index (Phi) is 5.80. The standard InChI is InChI=1S/C8H9O.BrH.Zn/c1-7-3-5-8(9-2)6-4-7;;/h3-6H,1H2,2H3;1H;/q;;+1/p-1. The summed E-state index contributed by atoms with van der Waals surface area (Å²) >= 11 is 1.33. The van der Waals surface area contributed by atoms with Crippen LogP contribution in [0.25, 0.3) is 0 Å². The van der Waals surface area contributed by atoms with Crippen LogP contribution in [-0.4, -0.2) is 7.11 Å². The fourth-order valence-electron chi connectivity index (χ4n) is 0.792. The van der Waals surface area contributed by atoms with Gasteiger partial charge in [0.25, 0.3) is 0 Å². The maximum Gasteiger partial charge on any atom is -1.00 e. The van der Waals surface area contributed by atoms with E-state index in [1.54, 1.807) is 7.11 Å². The van der Waals surface area contributed by atoms with E-state index in [2.05, 4.69) is 12.1 Å². The van der Waals surface area contributed by atoms with Crippen molar-refractivity contribution in [2.45, 2.75) is 5.02 Å². The van der Waals surface area contributed by atoms with Gasteiger partial charge < -0.3 is 17.0 Å². The third-order valence-electron chi connectivity index (χ3n) is 1.45. The molecule has 0 aliphatic carbocycles. The van der Waals surface area contributed by atoms with E-state index in [0.717, 1.165) is 5.75 Å². The Morgan fingerprint density at radius 1 is 1.27 bits per heavy atom. The van der Waals surface area contributed by atoms with Crippen molar-refractivity contribution in [1.82, 2.24) is 0 Å². The smallest absolute Gasteiger partial charge is 1.00 e. The minimum absolute atomic E-state index is 0. The van der Waals surface area contributed by atoms with Gasteiger partial charge >= 0.3 is 70.7 Å². The molecule has 0 fully saturated rings. The van der Waals surface area contributed by atoms with Crippen LogP contribution in [0.1, 0.15) is 5.56 Å². The summed E-state index contributed by atoms with van der Waals surface area (Å²) in [6, 6.07) is 8.24. The van der Waals surface area contributed by atoms with E-state index in [1.165, 1.54) is 28.9 Å². The van der Waals surface area contributed by atoms with Gasteiger partial charge in [-0.2, -0.15) is 0 Å². The molecule has 0 N–H and O–H groups in total. The van der Waals surface area contributed by atoms with Crippen molar-refractivity contribution in [1.29, 1.82) is 0 Å². The van der Waals surface area contributed by atoms with Crippen molar-refractivity contribution >= 4 is 0 Å². The predicted molar refractivity (Wildman–Crippen MR) is 36.7 cm³/mol. The van der Waals surface area contributed by atoms with Gasteiger partial charge in [-0.1, -0.05) is 0 Å². The van der Waals surface area contributed by atoms with Crippen LogP contribution in [-0.2, 0) is 23.3 Å². The molecule has 0 spiro atoms. The molecule has 1 nitrogen and oxygen atoms in total. The molecule has 0 aliphatic heterocycles. The molecule has 0 aromatic heterocycles. The van der Waals surface area contributed by atoms with Gasteiger partial charge in [-0.15, -0.1) is 0 Å². The van der Waals surface area contributed by atoms with E-state index < -0.39 is 0 Å². The number of hydrogen-bond acceptors (Lipinski definition) is 1. The van der Waals surface area contributed by atoms with E-state index in [9.17, 15) is 0 Å². The zero-order chi connectivity index (χ0) is 7.40. The maximum absolute atomic E-state index is 5.02. The molecule has 0 radical (unpaired) electrons. The van der Waals surface area contributed by atoms with Crippen LogP contribution < -0.4 is 21.7 Å². The summed E-state index contributed by atoms with van der Waals surface area (Å²) in [5.41, 5.74) is 1.40. The first-order chi connectivity index (χ1) is 4.86. The summed E-state index contributed by atoms with van der Waals surface area (Å²) in [6.45, 7) is 0. The van der Waals surface area contributed by atoms with Crippen molar-refractivity contribution in [2.24, 2.45) is 0 Å². The average Bonchev–Trinajstić information content (AvgIpc) is 2.05. The Labute approximate surface area is 87.6 Å². The maximum atomic E-state index is 5.02. The zero-order valence-corrected chi connectivity index (χ0v) is 11.1. The van der Waals surface area contributed by atoms with Crippen LogP contribution in [0.5, 0.6) is 5.75 Å². The molecule has 11 heavy (non-hydrogen) atoms. The van der Waals surface area contributed by atoms with Crippen molar-refractivity contribution in [3.8, 4) is 5.75 Å². The van der Waals surface area contributed by atoms with Crippen LogP contribution in [0, 0.1) is 0 Å². The SMILES string of the molecule is COc1ccc([CH2][Zn+])cc1.[Br-]. The number of rotatable bonds is 2. The van der Waals surface area contributed by atoms with Crippen LogP contribution in [0.15, 0.2) is 24.3 Å². The molecule has 0 bridgehead atoms. The third kappa shape index (κ3) is 3.35. The molecule has 1 aromatic carbocycles. The molecule has 0 saturated heterocycles. The van der Waals surface area contributed by atoms with Crippen LogP contribution in [0.2, 0.25) is 0 Å².